The van der Waals surface area contributed by atoms with Crippen molar-refractivity contribution in [3.8, 4) is 17.1 Å². The van der Waals surface area contributed by atoms with E-state index in [2.05, 4.69) is 58.2 Å². The minimum atomic E-state index is 0.703. The fourth-order valence-electron chi connectivity index (χ4n) is 3.33. The van der Waals surface area contributed by atoms with Crippen LogP contribution in [0.15, 0.2) is 48.5 Å². The van der Waals surface area contributed by atoms with E-state index >= 15 is 0 Å². The Hall–Kier alpha value is -2.79. The Morgan fingerprint density at radius 3 is 2.69 bits per heavy atom. The number of fused-ring (bicyclic) bond motifs is 2. The van der Waals surface area contributed by atoms with Crippen LogP contribution in [0, 0.1) is 0 Å². The van der Waals surface area contributed by atoms with Crippen LogP contribution in [0.2, 0.25) is 0 Å². The molecule has 0 spiro atoms. The Morgan fingerprint density at radius 1 is 1.00 bits per heavy atom. The molecule has 0 atom stereocenters. The number of hydrogen-bond donors (Lipinski definition) is 2. The maximum absolute atomic E-state index is 5.94. The summed E-state index contributed by atoms with van der Waals surface area (Å²) in [6.45, 7) is 8.11. The Morgan fingerprint density at radius 2 is 1.85 bits per heavy atom. The van der Waals surface area contributed by atoms with E-state index in [4.69, 9.17) is 4.74 Å². The Kier molecular flexibility index (Phi) is 4.63. The number of nitrogens with one attached hydrogen (secondary N) is 2. The van der Waals surface area contributed by atoms with Gasteiger partial charge in [-0.3, -0.25) is 5.10 Å². The molecular formula is C21H24N4O. The summed E-state index contributed by atoms with van der Waals surface area (Å²) in [7, 11) is 0. The minimum absolute atomic E-state index is 0.703. The van der Waals surface area contributed by atoms with Gasteiger partial charge in [-0.1, -0.05) is 32.0 Å². The molecule has 2 N–H and O–H groups in total. The number of aromatic amines is 2. The smallest absolute Gasteiger partial charge is 0.120 e. The standard InChI is InChI=1S/C21H24N4O/c1-3-25(4-2)11-12-26-16-9-10-18-15(13-16)14-20(22-18)21-17-7-5-6-8-19(17)23-24-21/h5-10,13-14,22H,3-4,11-12H2,1-2H3,(H,23,24). The number of aromatic nitrogens is 3. The molecule has 26 heavy (non-hydrogen) atoms. The molecule has 0 saturated carbocycles. The molecule has 5 heteroatoms. The molecule has 134 valence electrons. The number of benzene rings is 2. The van der Waals surface area contributed by atoms with Gasteiger partial charge in [0.05, 0.1) is 11.2 Å². The van der Waals surface area contributed by atoms with Gasteiger partial charge >= 0.3 is 0 Å². The van der Waals surface area contributed by atoms with E-state index in [0.717, 1.165) is 58.6 Å². The summed E-state index contributed by atoms with van der Waals surface area (Å²) in [4.78, 5) is 5.82. The molecule has 0 bridgehead atoms. The van der Waals surface area contributed by atoms with Gasteiger partial charge in [0, 0.05) is 22.8 Å². The second-order valence-corrected chi connectivity index (χ2v) is 6.43. The van der Waals surface area contributed by atoms with Crippen LogP contribution in [0.25, 0.3) is 33.2 Å². The lowest BCUT2D eigenvalue weighted by atomic mass is 10.1. The predicted molar refractivity (Wildman–Crippen MR) is 107 cm³/mol. The van der Waals surface area contributed by atoms with Crippen LogP contribution >= 0.6 is 0 Å². The zero-order valence-electron chi connectivity index (χ0n) is 15.2. The molecule has 0 radical (unpaired) electrons. The van der Waals surface area contributed by atoms with Crippen molar-refractivity contribution in [2.75, 3.05) is 26.2 Å². The third kappa shape index (κ3) is 3.18. The SMILES string of the molecule is CCN(CC)CCOc1ccc2[nH]c(-c3n[nH]c4ccccc34)cc2c1. The van der Waals surface area contributed by atoms with Gasteiger partial charge in [0.25, 0.3) is 0 Å². The van der Waals surface area contributed by atoms with Crippen molar-refractivity contribution >= 4 is 21.8 Å². The molecule has 0 unspecified atom stereocenters. The van der Waals surface area contributed by atoms with E-state index in [1.54, 1.807) is 0 Å². The van der Waals surface area contributed by atoms with E-state index in [1.807, 2.05) is 24.3 Å². The van der Waals surface area contributed by atoms with E-state index in [0.29, 0.717) is 6.61 Å². The fraction of sp³-hybridized carbons (Fsp3) is 0.286. The highest BCUT2D eigenvalue weighted by molar-refractivity contribution is 5.95. The normalized spacial score (nSPS) is 11.7. The Bertz CT molecular complexity index is 1010. The molecule has 0 saturated heterocycles. The second kappa shape index (κ2) is 7.22. The van der Waals surface area contributed by atoms with Crippen LogP contribution in [0.1, 0.15) is 13.8 Å². The molecule has 0 aliphatic rings. The summed E-state index contributed by atoms with van der Waals surface area (Å²) >= 11 is 0. The fourth-order valence-corrected chi connectivity index (χ4v) is 3.33. The Labute approximate surface area is 153 Å². The largest absolute Gasteiger partial charge is 0.492 e. The molecule has 0 fully saturated rings. The zero-order chi connectivity index (χ0) is 17.9. The lowest BCUT2D eigenvalue weighted by molar-refractivity contribution is 0.223. The average Bonchev–Trinajstić information content (AvgIpc) is 3.28. The molecule has 2 aromatic carbocycles. The number of rotatable bonds is 7. The van der Waals surface area contributed by atoms with Gasteiger partial charge in [0.1, 0.15) is 18.1 Å². The molecule has 0 amide bonds. The van der Waals surface area contributed by atoms with Crippen molar-refractivity contribution in [1.82, 2.24) is 20.1 Å². The van der Waals surface area contributed by atoms with E-state index < -0.39 is 0 Å². The van der Waals surface area contributed by atoms with E-state index in [-0.39, 0.29) is 0 Å². The number of para-hydroxylation sites is 1. The highest BCUT2D eigenvalue weighted by Gasteiger charge is 2.11. The van der Waals surface area contributed by atoms with Gasteiger partial charge in [-0.15, -0.1) is 0 Å². The third-order valence-electron chi connectivity index (χ3n) is 4.89. The van der Waals surface area contributed by atoms with Crippen LogP contribution in [0.5, 0.6) is 5.75 Å². The van der Waals surface area contributed by atoms with Crippen LogP contribution in [-0.2, 0) is 0 Å². The molecular weight excluding hydrogens is 324 g/mol. The highest BCUT2D eigenvalue weighted by Crippen LogP contribution is 2.30. The minimum Gasteiger partial charge on any atom is -0.492 e. The second-order valence-electron chi connectivity index (χ2n) is 6.43. The van der Waals surface area contributed by atoms with Crippen LogP contribution in [-0.4, -0.2) is 46.3 Å². The molecule has 0 aliphatic carbocycles. The summed E-state index contributed by atoms with van der Waals surface area (Å²) in [5.41, 5.74) is 4.09. The van der Waals surface area contributed by atoms with E-state index in [1.165, 1.54) is 0 Å². The Balaban J connectivity index is 1.56. The van der Waals surface area contributed by atoms with Gasteiger partial charge in [-0.05, 0) is 43.4 Å². The number of ether oxygens (including phenoxy) is 1. The summed E-state index contributed by atoms with van der Waals surface area (Å²) in [5.74, 6) is 0.905. The molecule has 5 nitrogen and oxygen atoms in total. The van der Waals surface area contributed by atoms with Gasteiger partial charge in [-0.25, -0.2) is 0 Å². The lowest BCUT2D eigenvalue weighted by Gasteiger charge is -2.17. The number of nitrogens with zero attached hydrogens (tertiary/aromatic N) is 2. The summed E-state index contributed by atoms with van der Waals surface area (Å²) < 4.78 is 5.94. The molecule has 2 aromatic heterocycles. The third-order valence-corrected chi connectivity index (χ3v) is 4.89. The number of likely N-dealkylation sites (N-methyl/N-ethyl adjacent to an activating group) is 1. The molecule has 4 aromatic rings. The summed E-state index contributed by atoms with van der Waals surface area (Å²) in [6.07, 6.45) is 0. The van der Waals surface area contributed by atoms with Crippen molar-refractivity contribution in [3.05, 3.63) is 48.5 Å². The van der Waals surface area contributed by atoms with Crippen molar-refractivity contribution in [3.63, 3.8) is 0 Å². The lowest BCUT2D eigenvalue weighted by Crippen LogP contribution is -2.27. The average molecular weight is 348 g/mol. The molecule has 2 heterocycles. The van der Waals surface area contributed by atoms with Gasteiger partial charge < -0.3 is 14.6 Å². The first-order valence-electron chi connectivity index (χ1n) is 9.20. The predicted octanol–water partition coefficient (Wildman–Crippen LogP) is 4.43. The van der Waals surface area contributed by atoms with Gasteiger partial charge in [0.2, 0.25) is 0 Å². The first-order chi connectivity index (χ1) is 12.8. The maximum Gasteiger partial charge on any atom is 0.120 e. The topological polar surface area (TPSA) is 56.9 Å². The van der Waals surface area contributed by atoms with Crippen LogP contribution in [0.3, 0.4) is 0 Å². The first-order valence-corrected chi connectivity index (χ1v) is 9.20. The van der Waals surface area contributed by atoms with Crippen molar-refractivity contribution < 1.29 is 4.74 Å². The number of hydrogen-bond acceptors (Lipinski definition) is 3. The van der Waals surface area contributed by atoms with Gasteiger partial charge in [0.15, 0.2) is 0 Å². The van der Waals surface area contributed by atoms with Gasteiger partial charge in [-0.2, -0.15) is 5.10 Å². The zero-order valence-corrected chi connectivity index (χ0v) is 15.2. The quantitative estimate of drug-likeness (QED) is 0.519. The van der Waals surface area contributed by atoms with Crippen LogP contribution < -0.4 is 4.74 Å². The van der Waals surface area contributed by atoms with Crippen molar-refractivity contribution in [1.29, 1.82) is 0 Å². The van der Waals surface area contributed by atoms with Crippen molar-refractivity contribution in [2.45, 2.75) is 13.8 Å². The van der Waals surface area contributed by atoms with Crippen molar-refractivity contribution in [2.24, 2.45) is 0 Å². The number of H-pyrrole nitrogens is 2. The maximum atomic E-state index is 5.94. The van der Waals surface area contributed by atoms with Crippen LogP contribution in [0.4, 0.5) is 0 Å². The highest BCUT2D eigenvalue weighted by atomic mass is 16.5. The first kappa shape index (κ1) is 16.7. The monoisotopic (exact) mass is 348 g/mol. The summed E-state index contributed by atoms with van der Waals surface area (Å²) in [6, 6.07) is 16.5. The summed E-state index contributed by atoms with van der Waals surface area (Å²) in [5, 5.41) is 9.82. The van der Waals surface area contributed by atoms with E-state index in [9.17, 15) is 0 Å². The molecule has 4 rings (SSSR count). The molecule has 0 aliphatic heterocycles.